The van der Waals surface area contributed by atoms with Crippen molar-refractivity contribution in [2.24, 2.45) is 5.11 Å². The number of aliphatic hydroxyl groups is 2. The molecule has 2 aliphatic rings. The summed E-state index contributed by atoms with van der Waals surface area (Å²) in [5, 5.41) is 31.7. The number of aliphatic carboxylic acids is 1. The second-order valence-corrected chi connectivity index (χ2v) is 6.26. The zero-order valence-corrected chi connectivity index (χ0v) is 13.9. The zero-order chi connectivity index (χ0) is 19.8. The van der Waals surface area contributed by atoms with Gasteiger partial charge in [-0.2, -0.15) is 4.98 Å². The smallest absolute Gasteiger partial charge is 0.351 e. The quantitative estimate of drug-likeness (QED) is 0.347. The molecule has 27 heavy (non-hydrogen) atoms. The van der Waals surface area contributed by atoms with Crippen LogP contribution in [0.5, 0.6) is 0 Å². The van der Waals surface area contributed by atoms with Crippen LogP contribution in [0.3, 0.4) is 0 Å². The Morgan fingerprint density at radius 2 is 2.33 bits per heavy atom. The van der Waals surface area contributed by atoms with Crippen molar-refractivity contribution >= 4 is 11.8 Å². The molecular formula is C14H17FN6O6. The number of aliphatic hydroxyl groups excluding tert-OH is 2. The van der Waals surface area contributed by atoms with Crippen LogP contribution in [0, 0.1) is 0 Å². The molecule has 2 fully saturated rings. The second-order valence-electron chi connectivity index (χ2n) is 6.26. The SMILES string of the molecule is [N-]=[N+]=N[C@]1(CO)O[C@@H](n2ccc(N3CCC[C@H]3C(=O)O)nc2=O)[C@@H](F)[C@@H]1O. The molecule has 0 unspecified atom stereocenters. The van der Waals surface area contributed by atoms with Crippen LogP contribution < -0.4 is 10.6 Å². The van der Waals surface area contributed by atoms with Crippen LogP contribution in [0.25, 0.3) is 10.4 Å². The molecule has 0 saturated carbocycles. The van der Waals surface area contributed by atoms with Crippen LogP contribution in [0.15, 0.2) is 22.2 Å². The van der Waals surface area contributed by atoms with Gasteiger partial charge in [-0.15, -0.1) is 0 Å². The first-order valence-corrected chi connectivity index (χ1v) is 8.10. The molecule has 12 nitrogen and oxygen atoms in total. The number of ether oxygens (including phenoxy) is 1. The number of carbonyl (C=O) groups is 1. The molecule has 0 radical (unpaired) electrons. The van der Waals surface area contributed by atoms with Gasteiger partial charge >= 0.3 is 11.7 Å². The minimum atomic E-state index is -2.26. The van der Waals surface area contributed by atoms with Gasteiger partial charge in [-0.05, 0) is 24.4 Å². The number of halogens is 1. The minimum absolute atomic E-state index is 0.124. The van der Waals surface area contributed by atoms with Crippen molar-refractivity contribution in [3.8, 4) is 0 Å². The van der Waals surface area contributed by atoms with E-state index in [1.165, 1.54) is 11.0 Å². The number of hydrogen-bond donors (Lipinski definition) is 3. The second kappa shape index (κ2) is 7.12. The number of alkyl halides is 1. The van der Waals surface area contributed by atoms with Crippen LogP contribution >= 0.6 is 0 Å². The molecule has 146 valence electrons. The van der Waals surface area contributed by atoms with Gasteiger partial charge in [0.05, 0.1) is 6.61 Å². The standard InChI is InChI=1S/C14H17FN6O6/c15-9-10(23)14(6-22,18-19-16)27-11(9)21-5-3-8(17-13(21)26)20-4-1-2-7(20)12(24)25/h3,5,7,9-11,22-23H,1-2,4,6H2,(H,24,25)/t7-,9-,10-,11+,14+/m0/s1. The molecule has 1 aromatic rings. The summed E-state index contributed by atoms with van der Waals surface area (Å²) in [6, 6.07) is 0.524. The van der Waals surface area contributed by atoms with E-state index in [4.69, 9.17) is 10.3 Å². The normalized spacial score (nSPS) is 33.1. The highest BCUT2D eigenvalue weighted by atomic mass is 19.1. The third-order valence-electron chi connectivity index (χ3n) is 4.72. The fourth-order valence-corrected chi connectivity index (χ4v) is 3.33. The van der Waals surface area contributed by atoms with Crippen molar-refractivity contribution in [2.45, 2.75) is 43.1 Å². The lowest BCUT2D eigenvalue weighted by molar-refractivity contribution is -0.138. The number of hydrogen-bond acceptors (Lipinski definition) is 8. The Kier molecular flexibility index (Phi) is 5.02. The van der Waals surface area contributed by atoms with Gasteiger partial charge < -0.3 is 25.0 Å². The van der Waals surface area contributed by atoms with Crippen LogP contribution in [0.1, 0.15) is 19.1 Å². The van der Waals surface area contributed by atoms with E-state index in [2.05, 4.69) is 15.0 Å². The lowest BCUT2D eigenvalue weighted by Gasteiger charge is -2.24. The molecule has 2 saturated heterocycles. The van der Waals surface area contributed by atoms with Crippen molar-refractivity contribution in [2.75, 3.05) is 18.1 Å². The third-order valence-corrected chi connectivity index (χ3v) is 4.72. The fraction of sp³-hybridized carbons (Fsp3) is 0.643. The Morgan fingerprint density at radius 1 is 1.59 bits per heavy atom. The van der Waals surface area contributed by atoms with Gasteiger partial charge in [0.15, 0.2) is 12.4 Å². The summed E-state index contributed by atoms with van der Waals surface area (Å²) >= 11 is 0. The Labute approximate surface area is 151 Å². The van der Waals surface area contributed by atoms with Gasteiger partial charge in [0.1, 0.15) is 18.0 Å². The van der Waals surface area contributed by atoms with Crippen molar-refractivity contribution in [3.63, 3.8) is 0 Å². The molecule has 0 spiro atoms. The Morgan fingerprint density at radius 3 is 2.93 bits per heavy atom. The maximum absolute atomic E-state index is 14.5. The van der Waals surface area contributed by atoms with Crippen LogP contribution in [0.4, 0.5) is 10.2 Å². The fourth-order valence-electron chi connectivity index (χ4n) is 3.33. The number of carboxylic acids is 1. The first kappa shape index (κ1) is 19.0. The summed E-state index contributed by atoms with van der Waals surface area (Å²) in [6.07, 6.45) is -3.67. The molecule has 0 aliphatic carbocycles. The largest absolute Gasteiger partial charge is 0.480 e. The summed E-state index contributed by atoms with van der Waals surface area (Å²) in [6.45, 7) is -0.591. The molecule has 0 aromatic carbocycles. The lowest BCUT2D eigenvalue weighted by Crippen LogP contribution is -2.43. The van der Waals surface area contributed by atoms with Gasteiger partial charge in [-0.25, -0.2) is 14.0 Å². The maximum atomic E-state index is 14.5. The molecule has 2 aliphatic heterocycles. The number of azide groups is 1. The van der Waals surface area contributed by atoms with E-state index in [9.17, 15) is 29.3 Å². The Bertz CT molecular complexity index is 844. The molecule has 3 rings (SSSR count). The van der Waals surface area contributed by atoms with E-state index in [1.807, 2.05) is 0 Å². The number of nitrogens with zero attached hydrogens (tertiary/aromatic N) is 6. The Hall–Kier alpha value is -2.73. The van der Waals surface area contributed by atoms with E-state index in [1.54, 1.807) is 0 Å². The molecular weight excluding hydrogens is 367 g/mol. The number of carboxylic acid groups (broad SMARTS) is 1. The average Bonchev–Trinajstić information content (AvgIpc) is 3.22. The van der Waals surface area contributed by atoms with Crippen molar-refractivity contribution in [1.29, 1.82) is 0 Å². The molecule has 0 amide bonds. The van der Waals surface area contributed by atoms with Gasteiger partial charge in [0, 0.05) is 17.7 Å². The number of anilines is 1. The lowest BCUT2D eigenvalue weighted by atomic mass is 10.1. The van der Waals surface area contributed by atoms with Crippen molar-refractivity contribution < 1.29 is 29.2 Å². The Balaban J connectivity index is 1.92. The van der Waals surface area contributed by atoms with Crippen molar-refractivity contribution in [3.05, 3.63) is 33.2 Å². The average molecular weight is 384 g/mol. The topological polar surface area (TPSA) is 174 Å². The summed E-state index contributed by atoms with van der Waals surface area (Å²) in [4.78, 5) is 31.3. The maximum Gasteiger partial charge on any atom is 0.351 e. The van der Waals surface area contributed by atoms with Gasteiger partial charge in [0.25, 0.3) is 0 Å². The first-order chi connectivity index (χ1) is 12.8. The van der Waals surface area contributed by atoms with E-state index < -0.39 is 48.5 Å². The highest BCUT2D eigenvalue weighted by Crippen LogP contribution is 2.39. The van der Waals surface area contributed by atoms with E-state index in [0.29, 0.717) is 19.4 Å². The van der Waals surface area contributed by atoms with Crippen LogP contribution in [-0.4, -0.2) is 68.0 Å². The van der Waals surface area contributed by atoms with Gasteiger partial charge in [0.2, 0.25) is 5.72 Å². The number of aromatic nitrogens is 2. The zero-order valence-electron chi connectivity index (χ0n) is 13.9. The number of rotatable bonds is 5. The van der Waals surface area contributed by atoms with Crippen LogP contribution in [0.2, 0.25) is 0 Å². The van der Waals surface area contributed by atoms with E-state index >= 15 is 0 Å². The highest BCUT2D eigenvalue weighted by Gasteiger charge is 2.56. The third kappa shape index (κ3) is 3.10. The van der Waals surface area contributed by atoms with E-state index in [-0.39, 0.29) is 5.82 Å². The molecule has 13 heteroatoms. The molecule has 3 N–H and O–H groups in total. The molecule has 3 heterocycles. The van der Waals surface area contributed by atoms with Gasteiger partial charge in [-0.1, -0.05) is 5.11 Å². The van der Waals surface area contributed by atoms with Crippen molar-refractivity contribution in [1.82, 2.24) is 9.55 Å². The molecule has 1 aromatic heterocycles. The monoisotopic (exact) mass is 384 g/mol. The van der Waals surface area contributed by atoms with Gasteiger partial charge in [-0.3, -0.25) is 4.57 Å². The minimum Gasteiger partial charge on any atom is -0.480 e. The molecule has 0 bridgehead atoms. The predicted molar refractivity (Wildman–Crippen MR) is 86.5 cm³/mol. The van der Waals surface area contributed by atoms with E-state index in [0.717, 1.165) is 10.8 Å². The summed E-state index contributed by atoms with van der Waals surface area (Å²) < 4.78 is 20.4. The predicted octanol–water partition coefficient (Wildman–Crippen LogP) is -0.477. The van der Waals surface area contributed by atoms with Crippen LogP contribution in [-0.2, 0) is 9.53 Å². The summed E-state index contributed by atoms with van der Waals surface area (Å²) in [7, 11) is 0. The summed E-state index contributed by atoms with van der Waals surface area (Å²) in [5.41, 5.74) is 5.36. The first-order valence-electron chi connectivity index (χ1n) is 8.10. The summed E-state index contributed by atoms with van der Waals surface area (Å²) in [5.74, 6) is -0.912. The molecule has 5 atom stereocenters. The highest BCUT2D eigenvalue weighted by molar-refractivity contribution is 5.78.